The lowest BCUT2D eigenvalue weighted by Crippen LogP contribution is -2.22. The van der Waals surface area contributed by atoms with Gasteiger partial charge in [-0.2, -0.15) is 9.50 Å². The van der Waals surface area contributed by atoms with Crippen molar-refractivity contribution < 1.29 is 18.7 Å². The summed E-state index contributed by atoms with van der Waals surface area (Å²) in [7, 11) is 0. The Hall–Kier alpha value is -2.81. The Bertz CT molecular complexity index is 1050. The van der Waals surface area contributed by atoms with E-state index in [1.807, 2.05) is 0 Å². The molecule has 2 aromatic heterocycles. The lowest BCUT2D eigenvalue weighted by atomic mass is 9.82. The van der Waals surface area contributed by atoms with E-state index in [0.717, 1.165) is 23.0 Å². The smallest absolute Gasteiger partial charge is 0.316 e. The summed E-state index contributed by atoms with van der Waals surface area (Å²) in [6, 6.07) is 6.21. The molecule has 3 aromatic rings. The van der Waals surface area contributed by atoms with Crippen LogP contribution < -0.4 is 0 Å². The Morgan fingerprint density at radius 1 is 1.32 bits per heavy atom. The van der Waals surface area contributed by atoms with Crippen molar-refractivity contribution in [3.8, 4) is 0 Å². The predicted octanol–water partition coefficient (Wildman–Crippen LogP) is 2.83. The Morgan fingerprint density at radius 3 is 2.86 bits per heavy atom. The van der Waals surface area contributed by atoms with Crippen LogP contribution in [0.2, 0.25) is 0 Å². The Morgan fingerprint density at radius 2 is 2.11 bits per heavy atom. The highest BCUT2D eigenvalue weighted by Crippen LogP contribution is 2.32. The van der Waals surface area contributed by atoms with Crippen LogP contribution in [0.4, 0.5) is 4.39 Å². The van der Waals surface area contributed by atoms with E-state index in [0.29, 0.717) is 35.9 Å². The van der Waals surface area contributed by atoms with Crippen LogP contribution in [0.1, 0.15) is 40.9 Å². The van der Waals surface area contributed by atoms with E-state index in [2.05, 4.69) is 15.1 Å². The first-order valence-electron chi connectivity index (χ1n) is 8.87. The fourth-order valence-electron chi connectivity index (χ4n) is 3.29. The van der Waals surface area contributed by atoms with Crippen LogP contribution in [0.5, 0.6) is 0 Å². The predicted molar refractivity (Wildman–Crippen MR) is 99.9 cm³/mol. The molecule has 0 amide bonds. The van der Waals surface area contributed by atoms with Gasteiger partial charge in [0.25, 0.3) is 5.78 Å². The third-order valence-corrected chi connectivity index (χ3v) is 5.40. The van der Waals surface area contributed by atoms with E-state index in [1.54, 1.807) is 23.6 Å². The number of Topliss-reactive ketones (excluding diaryl/α,β-unsaturated/α-hetero) is 1. The normalized spacial score (nSPS) is 16.2. The zero-order valence-electron chi connectivity index (χ0n) is 15.1. The molecule has 144 valence electrons. The quantitative estimate of drug-likeness (QED) is 0.481. The minimum Gasteiger partial charge on any atom is -0.465 e. The second kappa shape index (κ2) is 7.67. The van der Waals surface area contributed by atoms with Crippen molar-refractivity contribution in [2.75, 3.05) is 12.4 Å². The topological polar surface area (TPSA) is 86.4 Å². The molecule has 0 radical (unpaired) electrons. The maximum atomic E-state index is 13.2. The van der Waals surface area contributed by atoms with Gasteiger partial charge in [0.15, 0.2) is 5.78 Å². The van der Waals surface area contributed by atoms with Gasteiger partial charge in [0.2, 0.25) is 5.16 Å². The summed E-state index contributed by atoms with van der Waals surface area (Å²) in [5, 5.41) is 4.81. The minimum absolute atomic E-state index is 0.0267. The number of halogens is 1. The molecule has 0 aliphatic heterocycles. The maximum absolute atomic E-state index is 13.2. The van der Waals surface area contributed by atoms with E-state index >= 15 is 0 Å². The highest BCUT2D eigenvalue weighted by Gasteiger charge is 2.29. The van der Waals surface area contributed by atoms with Gasteiger partial charge in [0.05, 0.1) is 23.6 Å². The van der Waals surface area contributed by atoms with Crippen LogP contribution in [0.25, 0.3) is 5.78 Å². The molecule has 1 aliphatic carbocycles. The van der Waals surface area contributed by atoms with Gasteiger partial charge in [0.1, 0.15) is 5.82 Å². The van der Waals surface area contributed by atoms with Crippen molar-refractivity contribution in [3.63, 3.8) is 0 Å². The Balaban J connectivity index is 1.64. The van der Waals surface area contributed by atoms with Crippen LogP contribution in [-0.2, 0) is 16.0 Å². The highest BCUT2D eigenvalue weighted by molar-refractivity contribution is 7.99. The second-order valence-electron chi connectivity index (χ2n) is 6.40. The first kappa shape index (κ1) is 18.5. The first-order chi connectivity index (χ1) is 13.5. The zero-order chi connectivity index (χ0) is 19.7. The fraction of sp³-hybridized carbons (Fsp3) is 0.316. The SMILES string of the molecule is CCOC(=O)CSc1nc2ncc3c(n2n1)CC(c1ccc(F)cc1)CC3=O. The molecule has 0 spiro atoms. The number of ketones is 1. The van der Waals surface area contributed by atoms with Crippen LogP contribution in [0, 0.1) is 5.82 Å². The summed E-state index contributed by atoms with van der Waals surface area (Å²) in [5.41, 5.74) is 2.16. The summed E-state index contributed by atoms with van der Waals surface area (Å²) in [6.45, 7) is 2.07. The molecule has 2 heterocycles. The lowest BCUT2D eigenvalue weighted by molar-refractivity contribution is -0.139. The summed E-state index contributed by atoms with van der Waals surface area (Å²) in [5.74, 6) is -0.264. The second-order valence-corrected chi connectivity index (χ2v) is 7.34. The number of thioether (sulfide) groups is 1. The molecular weight excluding hydrogens is 383 g/mol. The number of nitrogens with zero attached hydrogens (tertiary/aromatic N) is 4. The summed E-state index contributed by atoms with van der Waals surface area (Å²) < 4.78 is 19.7. The van der Waals surface area contributed by atoms with Crippen LogP contribution in [0.3, 0.4) is 0 Å². The number of fused-ring (bicyclic) bond motifs is 3. The minimum atomic E-state index is -0.340. The number of hydrogen-bond acceptors (Lipinski definition) is 7. The van der Waals surface area contributed by atoms with Crippen molar-refractivity contribution in [1.82, 2.24) is 19.6 Å². The van der Waals surface area contributed by atoms with Crippen molar-refractivity contribution in [3.05, 3.63) is 53.1 Å². The number of rotatable bonds is 5. The molecule has 4 rings (SSSR count). The van der Waals surface area contributed by atoms with E-state index in [1.165, 1.54) is 18.3 Å². The molecule has 1 aliphatic rings. The molecule has 9 heteroatoms. The van der Waals surface area contributed by atoms with E-state index in [4.69, 9.17) is 4.74 Å². The molecule has 7 nitrogen and oxygen atoms in total. The van der Waals surface area contributed by atoms with Gasteiger partial charge >= 0.3 is 5.97 Å². The van der Waals surface area contributed by atoms with Crippen LogP contribution >= 0.6 is 11.8 Å². The van der Waals surface area contributed by atoms with Crippen molar-refractivity contribution >= 4 is 29.3 Å². The molecule has 28 heavy (non-hydrogen) atoms. The third-order valence-electron chi connectivity index (χ3n) is 4.58. The standard InChI is InChI=1S/C19H17FN4O3S/c1-2-27-17(26)10-28-19-22-18-21-9-14-15(24(18)23-19)7-12(8-16(14)25)11-3-5-13(20)6-4-11/h3-6,9,12H,2,7-8,10H2,1H3. The molecule has 0 saturated heterocycles. The largest absolute Gasteiger partial charge is 0.465 e. The zero-order valence-corrected chi connectivity index (χ0v) is 15.9. The molecule has 0 fully saturated rings. The highest BCUT2D eigenvalue weighted by atomic mass is 32.2. The Labute approximate surface area is 164 Å². The molecule has 1 atom stereocenters. The average molecular weight is 400 g/mol. The number of ether oxygens (including phenoxy) is 1. The van der Waals surface area contributed by atoms with Gasteiger partial charge in [-0.1, -0.05) is 23.9 Å². The number of carbonyl (C=O) groups is 2. The number of aromatic nitrogens is 4. The number of carbonyl (C=O) groups excluding carboxylic acids is 2. The lowest BCUT2D eigenvalue weighted by Gasteiger charge is -2.23. The molecular formula is C19H17FN4O3S. The fourth-order valence-corrected chi connectivity index (χ4v) is 3.90. The average Bonchev–Trinajstić information content (AvgIpc) is 3.11. The maximum Gasteiger partial charge on any atom is 0.316 e. The Kier molecular flexibility index (Phi) is 5.08. The van der Waals surface area contributed by atoms with E-state index in [9.17, 15) is 14.0 Å². The van der Waals surface area contributed by atoms with Gasteiger partial charge < -0.3 is 4.74 Å². The molecule has 0 N–H and O–H groups in total. The van der Waals surface area contributed by atoms with Gasteiger partial charge in [-0.05, 0) is 37.0 Å². The van der Waals surface area contributed by atoms with Crippen molar-refractivity contribution in [1.29, 1.82) is 0 Å². The van der Waals surface area contributed by atoms with Crippen molar-refractivity contribution in [2.45, 2.75) is 30.8 Å². The third kappa shape index (κ3) is 3.62. The van der Waals surface area contributed by atoms with E-state index < -0.39 is 0 Å². The summed E-state index contributed by atoms with van der Waals surface area (Å²) in [4.78, 5) is 32.7. The molecule has 0 bridgehead atoms. The van der Waals surface area contributed by atoms with Gasteiger partial charge in [-0.25, -0.2) is 9.37 Å². The summed E-state index contributed by atoms with van der Waals surface area (Å²) in [6.07, 6.45) is 2.43. The van der Waals surface area contributed by atoms with Gasteiger partial charge in [-0.15, -0.1) is 5.10 Å². The first-order valence-corrected chi connectivity index (χ1v) is 9.85. The van der Waals surface area contributed by atoms with Gasteiger partial charge in [0, 0.05) is 12.6 Å². The van der Waals surface area contributed by atoms with Crippen molar-refractivity contribution in [2.24, 2.45) is 0 Å². The van der Waals surface area contributed by atoms with Gasteiger partial charge in [-0.3, -0.25) is 9.59 Å². The number of benzene rings is 1. The number of hydrogen-bond donors (Lipinski definition) is 0. The van der Waals surface area contributed by atoms with Crippen LogP contribution in [-0.4, -0.2) is 43.7 Å². The molecule has 1 aromatic carbocycles. The molecule has 1 unspecified atom stereocenters. The summed E-state index contributed by atoms with van der Waals surface area (Å²) >= 11 is 1.16. The monoisotopic (exact) mass is 400 g/mol. The number of esters is 1. The molecule has 0 saturated carbocycles. The van der Waals surface area contributed by atoms with Crippen LogP contribution in [0.15, 0.2) is 35.6 Å². The van der Waals surface area contributed by atoms with E-state index in [-0.39, 0.29) is 29.2 Å².